The molecule has 16 heavy (non-hydrogen) atoms. The molecule has 0 atom stereocenters. The van der Waals surface area contributed by atoms with Crippen LogP contribution in [0, 0.1) is 0 Å². The van der Waals surface area contributed by atoms with Crippen LogP contribution in [0.5, 0.6) is 0 Å². The average Bonchev–Trinajstić information content (AvgIpc) is 2.27. The Labute approximate surface area is 106 Å². The highest BCUT2D eigenvalue weighted by Crippen LogP contribution is 2.11. The van der Waals surface area contributed by atoms with Crippen molar-refractivity contribution in [1.82, 2.24) is 9.55 Å². The number of halogens is 2. The van der Waals surface area contributed by atoms with Crippen molar-refractivity contribution < 1.29 is 0 Å². The van der Waals surface area contributed by atoms with Crippen molar-refractivity contribution in [1.29, 1.82) is 0 Å². The maximum atomic E-state index is 11.2. The Hall–Kier alpha value is -1.13. The fourth-order valence-electron chi connectivity index (χ4n) is 1.34. The van der Waals surface area contributed by atoms with Crippen LogP contribution in [0.3, 0.4) is 0 Å². The van der Waals surface area contributed by atoms with Gasteiger partial charge in [0, 0.05) is 12.7 Å². The predicted molar refractivity (Wildman–Crippen MR) is 66.8 cm³/mol. The molecule has 2 aromatic rings. The van der Waals surface area contributed by atoms with Gasteiger partial charge < -0.3 is 4.57 Å². The van der Waals surface area contributed by atoms with E-state index in [4.69, 9.17) is 11.6 Å². The molecule has 0 aliphatic rings. The third-order valence-corrected chi connectivity index (χ3v) is 2.95. The molecule has 0 N–H and O–H groups in total. The summed E-state index contributed by atoms with van der Waals surface area (Å²) >= 11 is 9.02. The second kappa shape index (κ2) is 4.80. The molecule has 0 aliphatic carbocycles. The quantitative estimate of drug-likeness (QED) is 0.799. The van der Waals surface area contributed by atoms with Crippen LogP contribution in [0.25, 0.3) is 0 Å². The van der Waals surface area contributed by atoms with E-state index in [1.54, 1.807) is 10.8 Å². The highest BCUT2D eigenvalue weighted by atomic mass is 79.9. The van der Waals surface area contributed by atoms with Crippen molar-refractivity contribution in [2.24, 2.45) is 0 Å². The first kappa shape index (κ1) is 11.4. The number of aromatic nitrogens is 2. The predicted octanol–water partition coefficient (Wildman–Crippen LogP) is 2.71. The van der Waals surface area contributed by atoms with Crippen molar-refractivity contribution in [3.05, 3.63) is 62.2 Å². The number of rotatable bonds is 2. The fourth-order valence-corrected chi connectivity index (χ4v) is 1.86. The van der Waals surface area contributed by atoms with E-state index in [2.05, 4.69) is 20.9 Å². The van der Waals surface area contributed by atoms with E-state index in [-0.39, 0.29) is 10.8 Å². The van der Waals surface area contributed by atoms with Crippen molar-refractivity contribution in [2.45, 2.75) is 6.54 Å². The van der Waals surface area contributed by atoms with Gasteiger partial charge in [-0.15, -0.1) is 0 Å². The normalized spacial score (nSPS) is 10.4. The zero-order valence-corrected chi connectivity index (χ0v) is 10.6. The van der Waals surface area contributed by atoms with Gasteiger partial charge in [-0.2, -0.15) is 4.98 Å². The Morgan fingerprint density at radius 2 is 2.00 bits per heavy atom. The molecule has 2 rings (SSSR count). The van der Waals surface area contributed by atoms with Crippen LogP contribution in [0.15, 0.2) is 45.8 Å². The van der Waals surface area contributed by atoms with E-state index in [9.17, 15) is 4.79 Å². The molecule has 0 spiro atoms. The molecule has 1 aromatic carbocycles. The van der Waals surface area contributed by atoms with Crippen molar-refractivity contribution in [3.63, 3.8) is 0 Å². The molecule has 1 aromatic heterocycles. The molecule has 82 valence electrons. The summed E-state index contributed by atoms with van der Waals surface area (Å²) in [4.78, 5) is 14.9. The summed E-state index contributed by atoms with van der Waals surface area (Å²) in [5.74, 6) is 0. The Balaban J connectivity index is 2.36. The largest absolute Gasteiger partial charge is 0.317 e. The first-order chi connectivity index (χ1) is 7.66. The smallest absolute Gasteiger partial charge is 0.288 e. The molecule has 0 fully saturated rings. The van der Waals surface area contributed by atoms with Crippen LogP contribution in [0.1, 0.15) is 5.56 Å². The summed E-state index contributed by atoms with van der Waals surface area (Å²) in [5, 5.41) is 0.192. The Bertz CT molecular complexity index is 554. The second-order valence-corrected chi connectivity index (χ2v) is 4.47. The van der Waals surface area contributed by atoms with Gasteiger partial charge in [0.15, 0.2) is 0 Å². The lowest BCUT2D eigenvalue weighted by atomic mass is 10.2. The number of nitrogens with zero attached hydrogens (tertiary/aromatic N) is 2. The minimum atomic E-state index is -0.352. The Kier molecular flexibility index (Phi) is 3.41. The Morgan fingerprint density at radius 3 is 2.69 bits per heavy atom. The number of hydrogen-bond donors (Lipinski definition) is 0. The molecule has 1 heterocycles. The van der Waals surface area contributed by atoms with Gasteiger partial charge in [0.2, 0.25) is 5.28 Å². The minimum absolute atomic E-state index is 0.192. The van der Waals surface area contributed by atoms with Crippen LogP contribution >= 0.6 is 27.5 Å². The zero-order chi connectivity index (χ0) is 11.5. The summed E-state index contributed by atoms with van der Waals surface area (Å²) in [6.45, 7) is 0.589. The molecule has 0 saturated carbocycles. The first-order valence-corrected chi connectivity index (χ1v) is 5.80. The number of benzene rings is 1. The second-order valence-electron chi connectivity index (χ2n) is 3.28. The highest BCUT2D eigenvalue weighted by Gasteiger charge is 2.04. The summed E-state index contributed by atoms with van der Waals surface area (Å²) in [7, 11) is 0. The zero-order valence-electron chi connectivity index (χ0n) is 8.23. The lowest BCUT2D eigenvalue weighted by molar-refractivity contribution is 0.757. The summed E-state index contributed by atoms with van der Waals surface area (Å²) in [6.07, 6.45) is 1.64. The maximum Gasteiger partial charge on any atom is 0.288 e. The van der Waals surface area contributed by atoms with Crippen LogP contribution in [0.2, 0.25) is 5.28 Å². The lowest BCUT2D eigenvalue weighted by Crippen LogP contribution is -2.14. The van der Waals surface area contributed by atoms with Crippen LogP contribution in [-0.2, 0) is 6.54 Å². The van der Waals surface area contributed by atoms with E-state index < -0.39 is 0 Å². The number of hydrogen-bond acceptors (Lipinski definition) is 2. The third-order valence-electron chi connectivity index (χ3n) is 2.10. The molecule has 3 nitrogen and oxygen atoms in total. The molecule has 0 unspecified atom stereocenters. The highest BCUT2D eigenvalue weighted by molar-refractivity contribution is 9.10. The summed E-state index contributed by atoms with van der Waals surface area (Å²) in [5.41, 5.74) is 0.746. The summed E-state index contributed by atoms with van der Waals surface area (Å²) < 4.78 is 2.12. The van der Waals surface area contributed by atoms with E-state index in [0.717, 1.165) is 5.56 Å². The van der Waals surface area contributed by atoms with Gasteiger partial charge in [0.1, 0.15) is 4.47 Å². The van der Waals surface area contributed by atoms with Gasteiger partial charge >= 0.3 is 0 Å². The molecule has 0 bridgehead atoms. The van der Waals surface area contributed by atoms with Crippen molar-refractivity contribution >= 4 is 27.5 Å². The maximum absolute atomic E-state index is 11.2. The van der Waals surface area contributed by atoms with Gasteiger partial charge in [-0.3, -0.25) is 4.79 Å². The van der Waals surface area contributed by atoms with Crippen LogP contribution < -0.4 is 5.56 Å². The fraction of sp³-hybridized carbons (Fsp3) is 0.0909. The van der Waals surface area contributed by atoms with E-state index in [0.29, 0.717) is 11.0 Å². The van der Waals surface area contributed by atoms with E-state index in [1.807, 2.05) is 30.3 Å². The van der Waals surface area contributed by atoms with E-state index in [1.165, 1.54) is 0 Å². The molecule has 0 aliphatic heterocycles. The van der Waals surface area contributed by atoms with Crippen LogP contribution in [-0.4, -0.2) is 9.55 Å². The average molecular weight is 300 g/mol. The van der Waals surface area contributed by atoms with Gasteiger partial charge in [-0.1, -0.05) is 30.3 Å². The van der Waals surface area contributed by atoms with Crippen molar-refractivity contribution in [3.8, 4) is 0 Å². The monoisotopic (exact) mass is 298 g/mol. The molecule has 5 heteroatoms. The van der Waals surface area contributed by atoms with Gasteiger partial charge in [0.25, 0.3) is 5.56 Å². The van der Waals surface area contributed by atoms with Gasteiger partial charge in [0.05, 0.1) is 0 Å². The van der Waals surface area contributed by atoms with Crippen molar-refractivity contribution in [2.75, 3.05) is 0 Å². The van der Waals surface area contributed by atoms with Gasteiger partial charge in [-0.05, 0) is 33.1 Å². The first-order valence-electron chi connectivity index (χ1n) is 4.63. The van der Waals surface area contributed by atoms with Crippen LogP contribution in [0.4, 0.5) is 0 Å². The SMILES string of the molecule is O=c1nc(Cl)n(Cc2ccccc2)cc1Br. The molecule has 0 radical (unpaired) electrons. The molecule has 0 saturated heterocycles. The van der Waals surface area contributed by atoms with E-state index >= 15 is 0 Å². The molecular weight excluding hydrogens is 291 g/mol. The minimum Gasteiger partial charge on any atom is -0.317 e. The third kappa shape index (κ3) is 2.51. The summed E-state index contributed by atoms with van der Waals surface area (Å²) in [6, 6.07) is 9.83. The molecular formula is C11H8BrClN2O. The Morgan fingerprint density at radius 1 is 1.31 bits per heavy atom. The van der Waals surface area contributed by atoms with Gasteiger partial charge in [-0.25, -0.2) is 0 Å². The standard InChI is InChI=1S/C11H8BrClN2O/c12-9-7-15(11(13)14-10(9)16)6-8-4-2-1-3-5-8/h1-5,7H,6H2. The lowest BCUT2D eigenvalue weighted by Gasteiger charge is -2.08. The molecule has 0 amide bonds. The topological polar surface area (TPSA) is 34.9 Å².